The number of pyridine rings is 2. The molecule has 156 valence electrons. The monoisotopic (exact) mass is 405 g/mol. The van der Waals surface area contributed by atoms with Gasteiger partial charge in [0.25, 0.3) is 0 Å². The van der Waals surface area contributed by atoms with Crippen LogP contribution in [0.25, 0.3) is 11.3 Å². The van der Waals surface area contributed by atoms with Gasteiger partial charge in [-0.3, -0.25) is 9.88 Å². The maximum absolute atomic E-state index is 5.85. The maximum atomic E-state index is 5.85. The van der Waals surface area contributed by atoms with Crippen molar-refractivity contribution in [2.75, 3.05) is 25.5 Å². The van der Waals surface area contributed by atoms with Gasteiger partial charge in [-0.25, -0.2) is 4.98 Å². The summed E-state index contributed by atoms with van der Waals surface area (Å²) in [5.74, 6) is 3.12. The van der Waals surface area contributed by atoms with Crippen molar-refractivity contribution < 1.29 is 9.26 Å². The quantitative estimate of drug-likeness (QED) is 0.673. The Balaban J connectivity index is 1.22. The molecule has 7 nitrogen and oxygen atoms in total. The molecule has 30 heavy (non-hydrogen) atoms. The van der Waals surface area contributed by atoms with Crippen LogP contribution in [0, 0.1) is 11.8 Å². The summed E-state index contributed by atoms with van der Waals surface area (Å²) in [4.78, 5) is 11.1. The zero-order valence-corrected chi connectivity index (χ0v) is 17.1. The van der Waals surface area contributed by atoms with Gasteiger partial charge >= 0.3 is 0 Å². The number of methoxy groups -OCH3 is 1. The van der Waals surface area contributed by atoms with E-state index in [4.69, 9.17) is 9.26 Å². The van der Waals surface area contributed by atoms with Gasteiger partial charge in [0.15, 0.2) is 5.76 Å². The fraction of sp³-hybridized carbons (Fsp3) is 0.435. The molecule has 3 aromatic rings. The average Bonchev–Trinajstić information content (AvgIpc) is 3.41. The van der Waals surface area contributed by atoms with Crippen LogP contribution in [0.5, 0.6) is 0 Å². The van der Waals surface area contributed by atoms with Gasteiger partial charge in [0.05, 0.1) is 18.7 Å². The number of nitrogens with zero attached hydrogens (tertiary/aromatic N) is 4. The summed E-state index contributed by atoms with van der Waals surface area (Å²) in [5.41, 5.74) is 1.82. The third-order valence-corrected chi connectivity index (χ3v) is 6.39. The number of hydrogen-bond acceptors (Lipinski definition) is 7. The summed E-state index contributed by atoms with van der Waals surface area (Å²) >= 11 is 0. The summed E-state index contributed by atoms with van der Waals surface area (Å²) in [7, 11) is 1.82. The Hall–Kier alpha value is -2.77. The fourth-order valence-electron chi connectivity index (χ4n) is 4.95. The summed E-state index contributed by atoms with van der Waals surface area (Å²) < 4.78 is 11.5. The molecule has 1 saturated carbocycles. The lowest BCUT2D eigenvalue weighted by molar-refractivity contribution is 0.0304. The van der Waals surface area contributed by atoms with E-state index in [0.717, 1.165) is 55.3 Å². The van der Waals surface area contributed by atoms with Crippen molar-refractivity contribution in [2.45, 2.75) is 31.5 Å². The Labute approximate surface area is 176 Å². The highest BCUT2D eigenvalue weighted by Gasteiger charge is 2.42. The molecule has 4 atom stereocenters. The molecular weight excluding hydrogens is 378 g/mol. The van der Waals surface area contributed by atoms with Crippen LogP contribution in [-0.2, 0) is 11.3 Å². The van der Waals surface area contributed by atoms with E-state index in [1.807, 2.05) is 55.9 Å². The van der Waals surface area contributed by atoms with Crippen molar-refractivity contribution >= 4 is 5.82 Å². The van der Waals surface area contributed by atoms with E-state index >= 15 is 0 Å². The van der Waals surface area contributed by atoms with Crippen molar-refractivity contribution in [1.82, 2.24) is 20.0 Å². The second-order valence-corrected chi connectivity index (χ2v) is 8.35. The first-order chi connectivity index (χ1) is 14.8. The molecular formula is C23H27N5O2. The van der Waals surface area contributed by atoms with Crippen LogP contribution in [-0.4, -0.2) is 52.4 Å². The smallest absolute Gasteiger partial charge is 0.151 e. The van der Waals surface area contributed by atoms with Crippen molar-refractivity contribution in [2.24, 2.45) is 11.8 Å². The minimum Gasteiger partial charge on any atom is -0.379 e. The Morgan fingerprint density at radius 1 is 1.13 bits per heavy atom. The first-order valence-electron chi connectivity index (χ1n) is 10.6. The van der Waals surface area contributed by atoms with Crippen LogP contribution >= 0.6 is 0 Å². The molecule has 0 radical (unpaired) electrons. The molecule has 2 fully saturated rings. The van der Waals surface area contributed by atoms with Crippen LogP contribution in [0.2, 0.25) is 0 Å². The molecule has 1 saturated heterocycles. The number of anilines is 1. The van der Waals surface area contributed by atoms with E-state index in [2.05, 4.69) is 25.3 Å². The van der Waals surface area contributed by atoms with E-state index in [-0.39, 0.29) is 12.1 Å². The van der Waals surface area contributed by atoms with E-state index in [1.54, 1.807) is 6.20 Å². The van der Waals surface area contributed by atoms with Crippen LogP contribution < -0.4 is 5.32 Å². The largest absolute Gasteiger partial charge is 0.379 e. The molecule has 1 aliphatic heterocycles. The number of nitrogens with one attached hydrogen (secondary N) is 1. The van der Waals surface area contributed by atoms with Gasteiger partial charge in [0, 0.05) is 50.4 Å². The van der Waals surface area contributed by atoms with Gasteiger partial charge in [-0.05, 0) is 48.9 Å². The lowest BCUT2D eigenvalue weighted by Gasteiger charge is -2.37. The molecule has 4 heterocycles. The highest BCUT2D eigenvalue weighted by Crippen LogP contribution is 2.39. The van der Waals surface area contributed by atoms with E-state index in [1.165, 1.54) is 0 Å². The normalized spacial score (nSPS) is 26.4. The highest BCUT2D eigenvalue weighted by molar-refractivity contribution is 5.57. The van der Waals surface area contributed by atoms with E-state index in [0.29, 0.717) is 11.8 Å². The molecule has 0 spiro atoms. The molecule has 0 bridgehead atoms. The number of likely N-dealkylation sites (tertiary alicyclic amines) is 1. The summed E-state index contributed by atoms with van der Waals surface area (Å²) in [6.45, 7) is 2.93. The molecule has 1 aliphatic carbocycles. The number of aromatic nitrogens is 3. The summed E-state index contributed by atoms with van der Waals surface area (Å²) in [5, 5.41) is 7.82. The topological polar surface area (TPSA) is 76.3 Å². The molecule has 7 heteroatoms. The molecule has 0 aromatic carbocycles. The Kier molecular flexibility index (Phi) is 5.46. The zero-order valence-electron chi connectivity index (χ0n) is 17.1. The number of hydrogen-bond donors (Lipinski definition) is 1. The molecule has 5 rings (SSSR count). The van der Waals surface area contributed by atoms with Gasteiger partial charge in [-0.15, -0.1) is 0 Å². The van der Waals surface area contributed by atoms with E-state index < -0.39 is 0 Å². The SMILES string of the molecule is CO[C@@H]1C[C@H]2CN(Cc3cc(-c4cccnc4)no3)C[C@H]2C[C@H]1Nc1ccccn1. The first-order valence-corrected chi connectivity index (χ1v) is 10.6. The third-order valence-electron chi connectivity index (χ3n) is 6.39. The highest BCUT2D eigenvalue weighted by atomic mass is 16.5. The van der Waals surface area contributed by atoms with Crippen molar-refractivity contribution in [3.05, 3.63) is 60.7 Å². The Morgan fingerprint density at radius 2 is 2.03 bits per heavy atom. The minimum atomic E-state index is 0.204. The number of fused-ring (bicyclic) bond motifs is 1. The van der Waals surface area contributed by atoms with Gasteiger partial charge < -0.3 is 14.6 Å². The Morgan fingerprint density at radius 3 is 2.80 bits per heavy atom. The molecule has 2 aliphatic rings. The molecule has 0 amide bonds. The van der Waals surface area contributed by atoms with Crippen molar-refractivity contribution in [1.29, 1.82) is 0 Å². The van der Waals surface area contributed by atoms with Crippen LogP contribution in [0.4, 0.5) is 5.82 Å². The first kappa shape index (κ1) is 19.2. The summed E-state index contributed by atoms with van der Waals surface area (Å²) in [6.07, 6.45) is 7.76. The fourth-order valence-corrected chi connectivity index (χ4v) is 4.95. The van der Waals surface area contributed by atoms with Crippen LogP contribution in [0.15, 0.2) is 59.5 Å². The van der Waals surface area contributed by atoms with E-state index in [9.17, 15) is 0 Å². The van der Waals surface area contributed by atoms with Crippen LogP contribution in [0.1, 0.15) is 18.6 Å². The predicted octanol–water partition coefficient (Wildman–Crippen LogP) is 3.47. The average molecular weight is 406 g/mol. The summed E-state index contributed by atoms with van der Waals surface area (Å²) in [6, 6.07) is 12.2. The number of ether oxygens (including phenoxy) is 1. The van der Waals surface area contributed by atoms with Crippen molar-refractivity contribution in [3.63, 3.8) is 0 Å². The van der Waals surface area contributed by atoms with Gasteiger partial charge in [-0.2, -0.15) is 0 Å². The number of rotatable bonds is 6. The van der Waals surface area contributed by atoms with Gasteiger partial charge in [0.2, 0.25) is 0 Å². The molecule has 0 unspecified atom stereocenters. The maximum Gasteiger partial charge on any atom is 0.151 e. The van der Waals surface area contributed by atoms with Gasteiger partial charge in [0.1, 0.15) is 11.5 Å². The standard InChI is InChI=1S/C23H27N5O2/c1-29-22-10-18-14-28(13-17(18)9-21(22)26-23-6-2-3-8-25-23)15-19-11-20(27-30-19)16-5-4-7-24-12-16/h2-8,11-12,17-18,21-22H,9-10,13-15H2,1H3,(H,25,26)/t17-,18+,21-,22-/m1/s1. The van der Waals surface area contributed by atoms with Crippen LogP contribution in [0.3, 0.4) is 0 Å². The lowest BCUT2D eigenvalue weighted by atomic mass is 9.77. The molecule has 3 aromatic heterocycles. The lowest BCUT2D eigenvalue weighted by Crippen LogP contribution is -2.44. The second kappa shape index (κ2) is 8.53. The third kappa shape index (κ3) is 4.08. The Bertz CT molecular complexity index is 948. The zero-order chi connectivity index (χ0) is 20.3. The predicted molar refractivity (Wildman–Crippen MR) is 114 cm³/mol. The van der Waals surface area contributed by atoms with Gasteiger partial charge in [-0.1, -0.05) is 11.2 Å². The second-order valence-electron chi connectivity index (χ2n) is 8.35. The van der Waals surface area contributed by atoms with Crippen molar-refractivity contribution in [3.8, 4) is 11.3 Å². The molecule has 1 N–H and O–H groups in total. The minimum absolute atomic E-state index is 0.204.